The monoisotopic (exact) mass is 318 g/mol. The van der Waals surface area contributed by atoms with E-state index in [2.05, 4.69) is 35.6 Å². The minimum absolute atomic E-state index is 0.0158. The third-order valence-corrected chi connectivity index (χ3v) is 4.23. The number of nitrogens with one attached hydrogen (secondary N) is 1. The molecule has 0 radical (unpaired) electrons. The van der Waals surface area contributed by atoms with Gasteiger partial charge in [0, 0.05) is 12.7 Å². The van der Waals surface area contributed by atoms with Gasteiger partial charge in [0.15, 0.2) is 0 Å². The van der Waals surface area contributed by atoms with Crippen molar-refractivity contribution in [3.63, 3.8) is 0 Å². The molecule has 0 heterocycles. The van der Waals surface area contributed by atoms with Crippen LogP contribution in [0, 0.1) is 0 Å². The van der Waals surface area contributed by atoms with Crippen LogP contribution in [-0.2, 0) is 4.79 Å². The number of amides is 1. The summed E-state index contributed by atoms with van der Waals surface area (Å²) in [5, 5.41) is 5.48. The van der Waals surface area contributed by atoms with Crippen LogP contribution in [-0.4, -0.2) is 19.5 Å². The second-order valence-corrected chi connectivity index (χ2v) is 6.09. The molecule has 3 aromatic carbocycles. The van der Waals surface area contributed by atoms with E-state index in [1.165, 1.54) is 10.8 Å². The van der Waals surface area contributed by atoms with E-state index in [0.29, 0.717) is 6.54 Å². The molecule has 0 saturated heterocycles. The Labute approximate surface area is 142 Å². The Kier molecular flexibility index (Phi) is 4.80. The molecule has 0 aliphatic heterocycles. The molecule has 1 N–H and O–H groups in total. The van der Waals surface area contributed by atoms with Crippen molar-refractivity contribution in [2.24, 2.45) is 0 Å². The predicted octanol–water partition coefficient (Wildman–Crippen LogP) is 4.15. The molecule has 0 bridgehead atoms. The Bertz CT molecular complexity index is 829. The van der Waals surface area contributed by atoms with Gasteiger partial charge in [-0.05, 0) is 41.5 Å². The van der Waals surface area contributed by atoms with Crippen LogP contribution < -0.4 is 10.2 Å². The average Bonchev–Trinajstić information content (AvgIpc) is 2.61. The molecule has 0 aliphatic rings. The normalized spacial score (nSPS) is 11.9. The van der Waals surface area contributed by atoms with Crippen molar-refractivity contribution in [2.75, 3.05) is 18.5 Å². The van der Waals surface area contributed by atoms with Gasteiger partial charge in [0.05, 0.1) is 12.6 Å². The van der Waals surface area contributed by atoms with E-state index in [9.17, 15) is 4.79 Å². The molecule has 0 unspecified atom stereocenters. The second-order valence-electron chi connectivity index (χ2n) is 6.09. The van der Waals surface area contributed by atoms with Crippen LogP contribution in [0.5, 0.6) is 0 Å². The maximum atomic E-state index is 12.3. The first-order valence-electron chi connectivity index (χ1n) is 8.18. The summed E-state index contributed by atoms with van der Waals surface area (Å²) in [7, 11) is 1.93. The van der Waals surface area contributed by atoms with Crippen molar-refractivity contribution in [3.8, 4) is 0 Å². The highest BCUT2D eigenvalue weighted by Gasteiger charge is 2.12. The number of benzene rings is 3. The van der Waals surface area contributed by atoms with E-state index in [-0.39, 0.29) is 11.9 Å². The molecule has 122 valence electrons. The summed E-state index contributed by atoms with van der Waals surface area (Å²) in [6.07, 6.45) is 0. The number of rotatable bonds is 5. The number of carbonyl (C=O) groups is 1. The third-order valence-electron chi connectivity index (χ3n) is 4.23. The molecular weight excluding hydrogens is 296 g/mol. The molecule has 24 heavy (non-hydrogen) atoms. The van der Waals surface area contributed by atoms with Crippen molar-refractivity contribution in [2.45, 2.75) is 13.0 Å². The highest BCUT2D eigenvalue weighted by Crippen LogP contribution is 2.20. The minimum atomic E-state index is -0.0220. The van der Waals surface area contributed by atoms with E-state index >= 15 is 0 Å². The van der Waals surface area contributed by atoms with Gasteiger partial charge in [-0.2, -0.15) is 0 Å². The van der Waals surface area contributed by atoms with Gasteiger partial charge in [-0.15, -0.1) is 0 Å². The summed E-state index contributed by atoms with van der Waals surface area (Å²) < 4.78 is 0. The molecule has 3 heteroatoms. The lowest BCUT2D eigenvalue weighted by Crippen LogP contribution is -2.36. The van der Waals surface area contributed by atoms with Crippen LogP contribution in [0.25, 0.3) is 10.8 Å². The lowest BCUT2D eigenvalue weighted by atomic mass is 10.0. The smallest absolute Gasteiger partial charge is 0.239 e. The molecule has 0 saturated carbocycles. The Morgan fingerprint density at radius 2 is 1.62 bits per heavy atom. The van der Waals surface area contributed by atoms with Crippen molar-refractivity contribution in [3.05, 3.63) is 78.4 Å². The van der Waals surface area contributed by atoms with Crippen LogP contribution in [0.15, 0.2) is 72.8 Å². The topological polar surface area (TPSA) is 32.3 Å². The standard InChI is InChI=1S/C21H22N2O/c1-16(18-13-12-17-8-6-7-9-19(17)14-18)22-21(24)15-23(2)20-10-4-3-5-11-20/h3-14,16H,15H2,1-2H3,(H,22,24)/t16-/m1/s1. The summed E-state index contributed by atoms with van der Waals surface area (Å²) in [5.74, 6) is 0.0158. The first kappa shape index (κ1) is 16.1. The quantitative estimate of drug-likeness (QED) is 0.766. The molecule has 0 aromatic heterocycles. The molecule has 0 spiro atoms. The van der Waals surface area contributed by atoms with Crippen LogP contribution in [0.3, 0.4) is 0 Å². The Morgan fingerprint density at radius 3 is 2.38 bits per heavy atom. The summed E-state index contributed by atoms with van der Waals surface area (Å²) in [5.41, 5.74) is 2.15. The van der Waals surface area contributed by atoms with Gasteiger partial charge < -0.3 is 10.2 Å². The third kappa shape index (κ3) is 3.74. The van der Waals surface area contributed by atoms with E-state index in [1.807, 2.05) is 61.3 Å². The lowest BCUT2D eigenvalue weighted by molar-refractivity contribution is -0.120. The highest BCUT2D eigenvalue weighted by atomic mass is 16.2. The average molecular weight is 318 g/mol. The van der Waals surface area contributed by atoms with E-state index < -0.39 is 0 Å². The molecule has 1 atom stereocenters. The number of fused-ring (bicyclic) bond motifs is 1. The Balaban J connectivity index is 1.64. The van der Waals surface area contributed by atoms with E-state index in [4.69, 9.17) is 0 Å². The van der Waals surface area contributed by atoms with Gasteiger partial charge in [-0.25, -0.2) is 0 Å². The van der Waals surface area contributed by atoms with Crippen molar-refractivity contribution in [1.29, 1.82) is 0 Å². The highest BCUT2D eigenvalue weighted by molar-refractivity contribution is 5.84. The summed E-state index contributed by atoms with van der Waals surface area (Å²) >= 11 is 0. The Hall–Kier alpha value is -2.81. The summed E-state index contributed by atoms with van der Waals surface area (Å²) in [4.78, 5) is 14.3. The van der Waals surface area contributed by atoms with Crippen molar-refractivity contribution < 1.29 is 4.79 Å². The molecule has 3 nitrogen and oxygen atoms in total. The number of hydrogen-bond donors (Lipinski definition) is 1. The number of anilines is 1. The van der Waals surface area contributed by atoms with E-state index in [0.717, 1.165) is 11.3 Å². The number of hydrogen-bond acceptors (Lipinski definition) is 2. The maximum Gasteiger partial charge on any atom is 0.239 e. The number of carbonyl (C=O) groups excluding carboxylic acids is 1. The fourth-order valence-corrected chi connectivity index (χ4v) is 2.84. The zero-order chi connectivity index (χ0) is 16.9. The fourth-order valence-electron chi connectivity index (χ4n) is 2.84. The van der Waals surface area contributed by atoms with Gasteiger partial charge >= 0.3 is 0 Å². The summed E-state index contributed by atoms with van der Waals surface area (Å²) in [6.45, 7) is 2.35. The van der Waals surface area contributed by atoms with E-state index in [1.54, 1.807) is 0 Å². The number of para-hydroxylation sites is 1. The molecule has 1 amide bonds. The number of likely N-dealkylation sites (N-methyl/N-ethyl adjacent to an activating group) is 1. The summed E-state index contributed by atoms with van der Waals surface area (Å²) in [6, 6.07) is 24.5. The van der Waals surface area contributed by atoms with Crippen molar-refractivity contribution in [1.82, 2.24) is 5.32 Å². The van der Waals surface area contributed by atoms with Gasteiger partial charge in [-0.3, -0.25) is 4.79 Å². The van der Waals surface area contributed by atoms with Gasteiger partial charge in [0.1, 0.15) is 0 Å². The molecule has 0 aliphatic carbocycles. The van der Waals surface area contributed by atoms with Gasteiger partial charge in [0.25, 0.3) is 0 Å². The van der Waals surface area contributed by atoms with Gasteiger partial charge in [-0.1, -0.05) is 54.6 Å². The van der Waals surface area contributed by atoms with Crippen LogP contribution in [0.1, 0.15) is 18.5 Å². The zero-order valence-electron chi connectivity index (χ0n) is 14.1. The molecule has 3 aromatic rings. The molecule has 0 fully saturated rings. The maximum absolute atomic E-state index is 12.3. The SMILES string of the molecule is C[C@@H](NC(=O)CN(C)c1ccccc1)c1ccc2ccccc2c1. The first-order valence-corrected chi connectivity index (χ1v) is 8.18. The number of nitrogens with zero attached hydrogens (tertiary/aromatic N) is 1. The van der Waals surface area contributed by atoms with Crippen LogP contribution in [0.4, 0.5) is 5.69 Å². The van der Waals surface area contributed by atoms with Crippen LogP contribution in [0.2, 0.25) is 0 Å². The second kappa shape index (κ2) is 7.18. The lowest BCUT2D eigenvalue weighted by Gasteiger charge is -2.21. The Morgan fingerprint density at radius 1 is 0.958 bits per heavy atom. The molecular formula is C21H22N2O. The fraction of sp³-hybridized carbons (Fsp3) is 0.190. The zero-order valence-corrected chi connectivity index (χ0v) is 14.1. The predicted molar refractivity (Wildman–Crippen MR) is 100 cm³/mol. The van der Waals surface area contributed by atoms with Crippen LogP contribution >= 0.6 is 0 Å². The minimum Gasteiger partial charge on any atom is -0.365 e. The largest absolute Gasteiger partial charge is 0.365 e. The van der Waals surface area contributed by atoms with Gasteiger partial charge in [0.2, 0.25) is 5.91 Å². The van der Waals surface area contributed by atoms with Crippen molar-refractivity contribution >= 4 is 22.4 Å². The molecule has 3 rings (SSSR count). The first-order chi connectivity index (χ1) is 11.6.